The van der Waals surface area contributed by atoms with Crippen LogP contribution in [0.25, 0.3) is 10.9 Å². The van der Waals surface area contributed by atoms with Gasteiger partial charge in [-0.3, -0.25) is 0 Å². The Kier molecular flexibility index (Phi) is 6.17. The van der Waals surface area contributed by atoms with Crippen molar-refractivity contribution in [3.8, 4) is 17.2 Å². The van der Waals surface area contributed by atoms with Crippen molar-refractivity contribution in [2.24, 2.45) is 0 Å². The third-order valence-corrected chi connectivity index (χ3v) is 6.65. The van der Waals surface area contributed by atoms with E-state index in [0.717, 1.165) is 27.9 Å². The first-order valence-electron chi connectivity index (χ1n) is 11.3. The summed E-state index contributed by atoms with van der Waals surface area (Å²) in [4.78, 5) is 19.0. The fourth-order valence-electron chi connectivity index (χ4n) is 4.72. The zero-order valence-electron chi connectivity index (χ0n) is 19.7. The SMILES string of the molecule is COc1ccc(C2c3[nH]c4ccc(Cl)cc4c3CCN2C(=O)Nc2ccc(OC)c(OC)c2)cc1. The van der Waals surface area contributed by atoms with Gasteiger partial charge in [0.15, 0.2) is 11.5 Å². The van der Waals surface area contributed by atoms with Crippen LogP contribution in [-0.4, -0.2) is 43.8 Å². The number of carbonyl (C=O) groups is 1. The molecule has 0 saturated heterocycles. The Hall–Kier alpha value is -3.84. The molecule has 1 unspecified atom stereocenters. The maximum absolute atomic E-state index is 13.6. The van der Waals surface area contributed by atoms with E-state index in [1.165, 1.54) is 5.56 Å². The number of urea groups is 1. The zero-order valence-corrected chi connectivity index (χ0v) is 20.5. The molecule has 1 aliphatic rings. The van der Waals surface area contributed by atoms with Crippen LogP contribution in [0.15, 0.2) is 60.7 Å². The topological polar surface area (TPSA) is 75.8 Å². The van der Waals surface area contributed by atoms with Crippen molar-refractivity contribution >= 4 is 34.2 Å². The number of fused-ring (bicyclic) bond motifs is 3. The molecule has 2 N–H and O–H groups in total. The van der Waals surface area contributed by atoms with Crippen molar-refractivity contribution in [3.05, 3.63) is 82.5 Å². The predicted molar refractivity (Wildman–Crippen MR) is 137 cm³/mol. The number of ether oxygens (including phenoxy) is 3. The minimum Gasteiger partial charge on any atom is -0.497 e. The lowest BCUT2D eigenvalue weighted by Gasteiger charge is -2.36. The van der Waals surface area contributed by atoms with Crippen molar-refractivity contribution in [1.82, 2.24) is 9.88 Å². The highest BCUT2D eigenvalue weighted by Crippen LogP contribution is 2.40. The Morgan fingerprint density at radius 1 is 0.971 bits per heavy atom. The summed E-state index contributed by atoms with van der Waals surface area (Å²) in [6.45, 7) is 0.544. The summed E-state index contributed by atoms with van der Waals surface area (Å²) >= 11 is 6.30. The first-order valence-corrected chi connectivity index (χ1v) is 11.6. The van der Waals surface area contributed by atoms with Gasteiger partial charge in [-0.15, -0.1) is 0 Å². The Labute approximate surface area is 208 Å². The van der Waals surface area contributed by atoms with Gasteiger partial charge in [-0.1, -0.05) is 23.7 Å². The van der Waals surface area contributed by atoms with E-state index in [1.807, 2.05) is 47.4 Å². The van der Waals surface area contributed by atoms with Gasteiger partial charge in [0, 0.05) is 39.9 Å². The number of anilines is 1. The molecule has 35 heavy (non-hydrogen) atoms. The number of aromatic nitrogens is 1. The number of carbonyl (C=O) groups excluding carboxylic acids is 1. The Bertz CT molecular complexity index is 1380. The molecule has 3 aromatic carbocycles. The molecule has 0 bridgehead atoms. The molecule has 0 saturated carbocycles. The maximum Gasteiger partial charge on any atom is 0.322 e. The van der Waals surface area contributed by atoms with E-state index in [-0.39, 0.29) is 12.1 Å². The number of benzene rings is 3. The molecule has 0 fully saturated rings. The summed E-state index contributed by atoms with van der Waals surface area (Å²) in [6.07, 6.45) is 0.710. The molecule has 7 nitrogen and oxygen atoms in total. The van der Waals surface area contributed by atoms with Crippen LogP contribution in [0.5, 0.6) is 17.2 Å². The smallest absolute Gasteiger partial charge is 0.322 e. The maximum atomic E-state index is 13.6. The Morgan fingerprint density at radius 2 is 1.74 bits per heavy atom. The average molecular weight is 492 g/mol. The van der Waals surface area contributed by atoms with E-state index < -0.39 is 0 Å². The van der Waals surface area contributed by atoms with Crippen LogP contribution in [0.3, 0.4) is 0 Å². The molecule has 1 aliphatic heterocycles. The third kappa shape index (κ3) is 4.23. The van der Waals surface area contributed by atoms with Gasteiger partial charge >= 0.3 is 6.03 Å². The molecule has 0 aliphatic carbocycles. The van der Waals surface area contributed by atoms with E-state index in [9.17, 15) is 4.79 Å². The highest BCUT2D eigenvalue weighted by Gasteiger charge is 2.34. The molecule has 0 radical (unpaired) electrons. The number of nitrogens with one attached hydrogen (secondary N) is 2. The van der Waals surface area contributed by atoms with Gasteiger partial charge in [0.25, 0.3) is 0 Å². The normalized spacial score (nSPS) is 15.0. The minimum absolute atomic E-state index is 0.208. The first kappa shape index (κ1) is 22.9. The van der Waals surface area contributed by atoms with Gasteiger partial charge in [0.05, 0.1) is 27.4 Å². The van der Waals surface area contributed by atoms with Gasteiger partial charge in [0.1, 0.15) is 5.75 Å². The van der Waals surface area contributed by atoms with Crippen molar-refractivity contribution in [1.29, 1.82) is 0 Å². The van der Waals surface area contributed by atoms with Crippen LogP contribution in [0.4, 0.5) is 10.5 Å². The fourth-order valence-corrected chi connectivity index (χ4v) is 4.89. The summed E-state index contributed by atoms with van der Waals surface area (Å²) in [6, 6.07) is 18.4. The lowest BCUT2D eigenvalue weighted by molar-refractivity contribution is 0.193. The van der Waals surface area contributed by atoms with Crippen LogP contribution < -0.4 is 19.5 Å². The summed E-state index contributed by atoms with van der Waals surface area (Å²) in [5, 5.41) is 4.80. The number of nitrogens with zero attached hydrogens (tertiary/aromatic N) is 1. The molecule has 5 rings (SSSR count). The van der Waals surface area contributed by atoms with Gasteiger partial charge in [-0.25, -0.2) is 4.79 Å². The minimum atomic E-state index is -0.309. The third-order valence-electron chi connectivity index (χ3n) is 6.42. The van der Waals surface area contributed by atoms with Crippen LogP contribution in [0.1, 0.15) is 22.9 Å². The van der Waals surface area contributed by atoms with E-state index >= 15 is 0 Å². The summed E-state index contributed by atoms with van der Waals surface area (Å²) in [7, 11) is 4.78. The number of hydrogen-bond donors (Lipinski definition) is 2. The molecule has 2 heterocycles. The number of amides is 2. The van der Waals surface area contributed by atoms with E-state index in [2.05, 4.69) is 10.3 Å². The van der Waals surface area contributed by atoms with E-state index in [1.54, 1.807) is 39.5 Å². The lowest BCUT2D eigenvalue weighted by atomic mass is 9.92. The molecule has 180 valence electrons. The van der Waals surface area contributed by atoms with Crippen molar-refractivity contribution in [2.75, 3.05) is 33.2 Å². The highest BCUT2D eigenvalue weighted by molar-refractivity contribution is 6.31. The second-order valence-electron chi connectivity index (χ2n) is 8.33. The van der Waals surface area contributed by atoms with Gasteiger partial charge in [-0.05, 0) is 60.0 Å². The number of methoxy groups -OCH3 is 3. The molecular weight excluding hydrogens is 466 g/mol. The van der Waals surface area contributed by atoms with Crippen molar-refractivity contribution in [3.63, 3.8) is 0 Å². The van der Waals surface area contributed by atoms with E-state index in [4.69, 9.17) is 25.8 Å². The summed E-state index contributed by atoms with van der Waals surface area (Å²) < 4.78 is 16.0. The highest BCUT2D eigenvalue weighted by atomic mass is 35.5. The Balaban J connectivity index is 1.54. The van der Waals surface area contributed by atoms with Crippen LogP contribution in [0, 0.1) is 0 Å². The summed E-state index contributed by atoms with van der Waals surface area (Å²) in [5.41, 5.74) is 4.77. The van der Waals surface area contributed by atoms with Crippen molar-refractivity contribution < 1.29 is 19.0 Å². The largest absolute Gasteiger partial charge is 0.497 e. The quantitative estimate of drug-likeness (QED) is 0.357. The fraction of sp³-hybridized carbons (Fsp3) is 0.222. The molecule has 0 spiro atoms. The van der Waals surface area contributed by atoms with Crippen molar-refractivity contribution in [2.45, 2.75) is 12.5 Å². The lowest BCUT2D eigenvalue weighted by Crippen LogP contribution is -2.43. The van der Waals surface area contributed by atoms with Crippen LogP contribution in [-0.2, 0) is 6.42 Å². The number of hydrogen-bond acceptors (Lipinski definition) is 4. The monoisotopic (exact) mass is 491 g/mol. The molecule has 1 atom stereocenters. The second-order valence-corrected chi connectivity index (χ2v) is 8.76. The van der Waals surface area contributed by atoms with Crippen LogP contribution in [0.2, 0.25) is 5.02 Å². The number of H-pyrrole nitrogens is 1. The molecule has 2 amide bonds. The number of aromatic amines is 1. The molecule has 4 aromatic rings. The van der Waals surface area contributed by atoms with Gasteiger partial charge in [-0.2, -0.15) is 0 Å². The van der Waals surface area contributed by atoms with Gasteiger partial charge < -0.3 is 29.4 Å². The zero-order chi connectivity index (χ0) is 24.5. The number of rotatable bonds is 5. The average Bonchev–Trinajstić information content (AvgIpc) is 3.25. The molecule has 1 aromatic heterocycles. The second kappa shape index (κ2) is 9.43. The van der Waals surface area contributed by atoms with E-state index in [0.29, 0.717) is 35.2 Å². The summed E-state index contributed by atoms with van der Waals surface area (Å²) in [5.74, 6) is 1.90. The predicted octanol–water partition coefficient (Wildman–Crippen LogP) is 6.03. The number of halogens is 1. The first-order chi connectivity index (χ1) is 17.0. The Morgan fingerprint density at radius 3 is 2.46 bits per heavy atom. The molecule has 8 heteroatoms. The van der Waals surface area contributed by atoms with Crippen LogP contribution >= 0.6 is 11.6 Å². The standard InChI is InChI=1S/C27H26ClN3O4/c1-33-19-8-4-16(5-9-19)26-25-20(21-14-17(28)6-10-22(21)30-25)12-13-31(26)27(32)29-18-7-11-23(34-2)24(15-18)35-3/h4-11,14-15,26,30H,12-13H2,1-3H3,(H,29,32). The molecular formula is C27H26ClN3O4. The van der Waals surface area contributed by atoms with Gasteiger partial charge in [0.2, 0.25) is 0 Å².